The molecule has 7 nitrogen and oxygen atoms in total. The van der Waals surface area contributed by atoms with E-state index in [0.717, 1.165) is 6.42 Å². The van der Waals surface area contributed by atoms with Gasteiger partial charge >= 0.3 is 0 Å². The molecule has 0 spiro atoms. The van der Waals surface area contributed by atoms with Gasteiger partial charge in [-0.15, -0.1) is 0 Å². The van der Waals surface area contributed by atoms with Crippen molar-refractivity contribution in [2.75, 3.05) is 26.9 Å². The molecule has 0 saturated carbocycles. The standard InChI is InChI=1S/C24H27NO6/c1-3-13-31-19-10-8-16(9-11-19)22(27)20-21(17-6-4-7-18(26)15-17)25(12-5-14-30-2)24(29)23(20)28/h4,6-11,15,21,26-27H,3,5,12-14H2,1-2H3/b22-20-. The van der Waals surface area contributed by atoms with E-state index < -0.39 is 17.7 Å². The van der Waals surface area contributed by atoms with Crippen molar-refractivity contribution < 1.29 is 29.3 Å². The SMILES string of the molecule is CCCOc1ccc(/C(O)=C2/C(=O)C(=O)N(CCCOC)C2c2cccc(O)c2)cc1. The first-order chi connectivity index (χ1) is 15.0. The number of phenols is 1. The van der Waals surface area contributed by atoms with E-state index in [0.29, 0.717) is 36.5 Å². The lowest BCUT2D eigenvalue weighted by Gasteiger charge is -2.25. The fourth-order valence-corrected chi connectivity index (χ4v) is 3.62. The first-order valence-electron chi connectivity index (χ1n) is 10.3. The Morgan fingerprint density at radius 2 is 1.84 bits per heavy atom. The van der Waals surface area contributed by atoms with Gasteiger partial charge in [-0.25, -0.2) is 0 Å². The Balaban J connectivity index is 2.04. The molecule has 1 saturated heterocycles. The summed E-state index contributed by atoms with van der Waals surface area (Å²) >= 11 is 0. The minimum absolute atomic E-state index is 0.00440. The number of nitrogens with zero attached hydrogens (tertiary/aromatic N) is 1. The Kier molecular flexibility index (Phi) is 7.31. The average Bonchev–Trinajstić information content (AvgIpc) is 3.03. The number of rotatable bonds is 9. The van der Waals surface area contributed by atoms with Crippen LogP contribution in [0.1, 0.15) is 36.9 Å². The third-order valence-corrected chi connectivity index (χ3v) is 5.07. The predicted octanol–water partition coefficient (Wildman–Crippen LogP) is 3.64. The number of carbonyl (C=O) groups is 2. The molecule has 1 unspecified atom stereocenters. The maximum absolute atomic E-state index is 12.9. The summed E-state index contributed by atoms with van der Waals surface area (Å²) in [6.45, 7) is 3.29. The molecule has 1 amide bonds. The molecule has 0 radical (unpaired) electrons. The molecule has 0 bridgehead atoms. The number of ketones is 1. The molecule has 1 aliphatic heterocycles. The molecule has 2 aromatic carbocycles. The van der Waals surface area contributed by atoms with Crippen LogP contribution in [-0.4, -0.2) is 53.7 Å². The smallest absolute Gasteiger partial charge is 0.295 e. The van der Waals surface area contributed by atoms with Gasteiger partial charge in [0.2, 0.25) is 0 Å². The van der Waals surface area contributed by atoms with Gasteiger partial charge in [-0.2, -0.15) is 0 Å². The number of ether oxygens (including phenoxy) is 2. The first kappa shape index (κ1) is 22.4. The van der Waals surface area contributed by atoms with Crippen molar-refractivity contribution in [3.05, 3.63) is 65.2 Å². The summed E-state index contributed by atoms with van der Waals surface area (Å²) in [4.78, 5) is 27.1. The highest BCUT2D eigenvalue weighted by molar-refractivity contribution is 6.46. The molecule has 1 atom stereocenters. The first-order valence-corrected chi connectivity index (χ1v) is 10.3. The van der Waals surface area contributed by atoms with Gasteiger partial charge in [0.05, 0.1) is 18.2 Å². The van der Waals surface area contributed by atoms with Crippen molar-refractivity contribution in [1.82, 2.24) is 4.90 Å². The van der Waals surface area contributed by atoms with Crippen LogP contribution < -0.4 is 4.74 Å². The number of benzene rings is 2. The van der Waals surface area contributed by atoms with Gasteiger partial charge in [0.25, 0.3) is 11.7 Å². The third-order valence-electron chi connectivity index (χ3n) is 5.07. The number of hydrogen-bond donors (Lipinski definition) is 2. The predicted molar refractivity (Wildman–Crippen MR) is 116 cm³/mol. The second-order valence-electron chi connectivity index (χ2n) is 7.31. The monoisotopic (exact) mass is 425 g/mol. The van der Waals surface area contributed by atoms with Crippen molar-refractivity contribution in [3.8, 4) is 11.5 Å². The van der Waals surface area contributed by atoms with Crippen LogP contribution in [-0.2, 0) is 14.3 Å². The Morgan fingerprint density at radius 3 is 2.48 bits per heavy atom. The average molecular weight is 425 g/mol. The molecule has 0 aromatic heterocycles. The highest BCUT2D eigenvalue weighted by Gasteiger charge is 2.45. The zero-order chi connectivity index (χ0) is 22.4. The topological polar surface area (TPSA) is 96.3 Å². The van der Waals surface area contributed by atoms with Crippen LogP contribution >= 0.6 is 0 Å². The molecule has 3 rings (SSSR count). The molecule has 7 heteroatoms. The summed E-state index contributed by atoms with van der Waals surface area (Å²) in [7, 11) is 1.56. The van der Waals surface area contributed by atoms with E-state index in [1.807, 2.05) is 6.92 Å². The Bertz CT molecular complexity index is 966. The van der Waals surface area contributed by atoms with E-state index in [1.54, 1.807) is 43.5 Å². The number of methoxy groups -OCH3 is 1. The van der Waals surface area contributed by atoms with Crippen LogP contribution in [0.25, 0.3) is 5.76 Å². The Morgan fingerprint density at radius 1 is 1.10 bits per heavy atom. The number of aliphatic hydroxyl groups excluding tert-OH is 1. The summed E-state index contributed by atoms with van der Waals surface area (Å²) in [6, 6.07) is 12.3. The number of hydrogen-bond acceptors (Lipinski definition) is 6. The van der Waals surface area contributed by atoms with Crippen molar-refractivity contribution in [2.24, 2.45) is 0 Å². The van der Waals surface area contributed by atoms with Gasteiger partial charge < -0.3 is 24.6 Å². The quantitative estimate of drug-likeness (QED) is 0.276. The normalized spacial score (nSPS) is 17.9. The highest BCUT2D eigenvalue weighted by Crippen LogP contribution is 2.40. The van der Waals surface area contributed by atoms with Crippen LogP contribution in [0.3, 0.4) is 0 Å². The fraction of sp³-hybridized carbons (Fsp3) is 0.333. The van der Waals surface area contributed by atoms with Crippen LogP contribution in [0.15, 0.2) is 54.1 Å². The van der Waals surface area contributed by atoms with Crippen molar-refractivity contribution in [1.29, 1.82) is 0 Å². The molecule has 2 aromatic rings. The zero-order valence-corrected chi connectivity index (χ0v) is 17.7. The molecule has 164 valence electrons. The van der Waals surface area contributed by atoms with Gasteiger partial charge in [0.15, 0.2) is 0 Å². The van der Waals surface area contributed by atoms with Crippen molar-refractivity contribution in [3.63, 3.8) is 0 Å². The lowest BCUT2D eigenvalue weighted by Crippen LogP contribution is -2.31. The van der Waals surface area contributed by atoms with Crippen molar-refractivity contribution in [2.45, 2.75) is 25.8 Å². The second-order valence-corrected chi connectivity index (χ2v) is 7.31. The van der Waals surface area contributed by atoms with E-state index >= 15 is 0 Å². The van der Waals surface area contributed by atoms with Gasteiger partial charge in [0, 0.05) is 25.8 Å². The zero-order valence-electron chi connectivity index (χ0n) is 17.7. The summed E-state index contributed by atoms with van der Waals surface area (Å²) < 4.78 is 10.6. The van der Waals surface area contributed by atoms with Gasteiger partial charge in [0.1, 0.15) is 17.3 Å². The number of aliphatic hydroxyl groups is 1. The van der Waals surface area contributed by atoms with E-state index in [9.17, 15) is 19.8 Å². The Hall–Kier alpha value is -3.32. The largest absolute Gasteiger partial charge is 0.508 e. The maximum Gasteiger partial charge on any atom is 0.295 e. The minimum Gasteiger partial charge on any atom is -0.508 e. The van der Waals surface area contributed by atoms with Crippen LogP contribution in [0, 0.1) is 0 Å². The minimum atomic E-state index is -0.806. The number of aromatic hydroxyl groups is 1. The number of phenolic OH excluding ortho intramolecular Hbond substituents is 1. The lowest BCUT2D eigenvalue weighted by molar-refractivity contribution is -0.140. The maximum atomic E-state index is 12.9. The van der Waals surface area contributed by atoms with Gasteiger partial charge in [-0.05, 0) is 54.8 Å². The lowest BCUT2D eigenvalue weighted by atomic mass is 9.95. The highest BCUT2D eigenvalue weighted by atomic mass is 16.5. The van der Waals surface area contributed by atoms with E-state index in [1.165, 1.54) is 17.0 Å². The number of carbonyl (C=O) groups excluding carboxylic acids is 2. The van der Waals surface area contributed by atoms with Crippen LogP contribution in [0.5, 0.6) is 11.5 Å². The molecule has 0 aliphatic carbocycles. The fourth-order valence-electron chi connectivity index (χ4n) is 3.62. The summed E-state index contributed by atoms with van der Waals surface area (Å²) in [5, 5.41) is 21.0. The summed E-state index contributed by atoms with van der Waals surface area (Å²) in [5.41, 5.74) is 0.945. The number of amides is 1. The molecular weight excluding hydrogens is 398 g/mol. The van der Waals surface area contributed by atoms with E-state index in [2.05, 4.69) is 0 Å². The summed E-state index contributed by atoms with van der Waals surface area (Å²) in [5.74, 6) is -1.04. The van der Waals surface area contributed by atoms with Crippen LogP contribution in [0.2, 0.25) is 0 Å². The summed E-state index contributed by atoms with van der Waals surface area (Å²) in [6.07, 6.45) is 1.40. The second kappa shape index (κ2) is 10.1. The van der Waals surface area contributed by atoms with E-state index in [4.69, 9.17) is 9.47 Å². The van der Waals surface area contributed by atoms with Gasteiger partial charge in [-0.3, -0.25) is 9.59 Å². The van der Waals surface area contributed by atoms with Crippen LogP contribution in [0.4, 0.5) is 0 Å². The molecule has 1 heterocycles. The molecule has 2 N–H and O–H groups in total. The molecule has 31 heavy (non-hydrogen) atoms. The number of Topliss-reactive ketones (excluding diaryl/α,β-unsaturated/α-hetero) is 1. The van der Waals surface area contributed by atoms with Gasteiger partial charge in [-0.1, -0.05) is 19.1 Å². The number of likely N-dealkylation sites (tertiary alicyclic amines) is 1. The molecule has 1 fully saturated rings. The Labute approximate surface area is 181 Å². The molecular formula is C24H27NO6. The van der Waals surface area contributed by atoms with Crippen molar-refractivity contribution >= 4 is 17.4 Å². The molecule has 1 aliphatic rings. The third kappa shape index (κ3) is 4.88. The van der Waals surface area contributed by atoms with E-state index in [-0.39, 0.29) is 23.6 Å².